The molecule has 1 saturated heterocycles. The Bertz CT molecular complexity index is 325. The average molecular weight is 288 g/mol. The van der Waals surface area contributed by atoms with Crippen molar-refractivity contribution in [2.45, 2.75) is 18.6 Å². The number of halogens is 1. The van der Waals surface area contributed by atoms with Crippen LogP contribution in [0.3, 0.4) is 0 Å². The van der Waals surface area contributed by atoms with Crippen LogP contribution in [0.4, 0.5) is 0 Å². The number of hydrogen-bond donors (Lipinski definition) is 1. The summed E-state index contributed by atoms with van der Waals surface area (Å²) in [5, 5.41) is 9.94. The zero-order valence-electron chi connectivity index (χ0n) is 8.80. The van der Waals surface area contributed by atoms with Crippen LogP contribution in [0.2, 0.25) is 0 Å². The minimum atomic E-state index is -0.561. The predicted molar refractivity (Wildman–Crippen MR) is 62.2 cm³/mol. The summed E-state index contributed by atoms with van der Waals surface area (Å²) in [6, 6.07) is 3.80. The summed E-state index contributed by atoms with van der Waals surface area (Å²) in [5.74, 6) is 0. The molecule has 1 fully saturated rings. The Balaban J connectivity index is 1.90. The van der Waals surface area contributed by atoms with E-state index in [1.54, 1.807) is 6.20 Å². The molecule has 0 spiro atoms. The van der Waals surface area contributed by atoms with Crippen LogP contribution in [0.1, 0.15) is 5.69 Å². The molecule has 0 amide bonds. The summed E-state index contributed by atoms with van der Waals surface area (Å²) in [5.41, 5.74) is 0.852. The summed E-state index contributed by atoms with van der Waals surface area (Å²) in [4.78, 5) is 4.21. The fourth-order valence-electron chi connectivity index (χ4n) is 1.60. The standard InChI is InChI=1S/C11H14BrNO3/c12-8-1-2-9(13-6-8)5-10(14)11-7-15-3-4-16-11/h1-2,6,10-11,14H,3-5,7H2. The first-order chi connectivity index (χ1) is 7.75. The van der Waals surface area contributed by atoms with E-state index in [1.807, 2.05) is 12.1 Å². The van der Waals surface area contributed by atoms with Gasteiger partial charge in [0.2, 0.25) is 0 Å². The van der Waals surface area contributed by atoms with Crippen molar-refractivity contribution in [1.29, 1.82) is 0 Å². The van der Waals surface area contributed by atoms with Gasteiger partial charge in [-0.2, -0.15) is 0 Å². The van der Waals surface area contributed by atoms with Crippen molar-refractivity contribution in [3.8, 4) is 0 Å². The van der Waals surface area contributed by atoms with E-state index >= 15 is 0 Å². The second kappa shape index (κ2) is 5.72. The zero-order chi connectivity index (χ0) is 11.4. The highest BCUT2D eigenvalue weighted by atomic mass is 79.9. The van der Waals surface area contributed by atoms with Gasteiger partial charge in [-0.05, 0) is 28.1 Å². The number of hydrogen-bond acceptors (Lipinski definition) is 4. The fourth-order valence-corrected chi connectivity index (χ4v) is 1.84. The molecule has 2 atom stereocenters. The van der Waals surface area contributed by atoms with Crippen molar-refractivity contribution in [2.24, 2.45) is 0 Å². The molecule has 16 heavy (non-hydrogen) atoms. The summed E-state index contributed by atoms with van der Waals surface area (Å²) in [7, 11) is 0. The molecule has 5 heteroatoms. The lowest BCUT2D eigenvalue weighted by Crippen LogP contribution is -2.39. The quantitative estimate of drug-likeness (QED) is 0.907. The van der Waals surface area contributed by atoms with Crippen LogP contribution in [0.15, 0.2) is 22.8 Å². The molecule has 0 aliphatic carbocycles. The van der Waals surface area contributed by atoms with Crippen LogP contribution in [0, 0.1) is 0 Å². The van der Waals surface area contributed by atoms with E-state index in [0.29, 0.717) is 26.2 Å². The van der Waals surface area contributed by atoms with Gasteiger partial charge in [-0.1, -0.05) is 0 Å². The number of aromatic nitrogens is 1. The molecule has 2 rings (SSSR count). The van der Waals surface area contributed by atoms with E-state index in [2.05, 4.69) is 20.9 Å². The molecule has 1 aliphatic heterocycles. The first-order valence-electron chi connectivity index (χ1n) is 5.23. The highest BCUT2D eigenvalue weighted by Gasteiger charge is 2.23. The Kier molecular flexibility index (Phi) is 4.29. The average Bonchev–Trinajstić information content (AvgIpc) is 2.33. The van der Waals surface area contributed by atoms with Gasteiger partial charge in [0.05, 0.1) is 25.9 Å². The first-order valence-corrected chi connectivity index (χ1v) is 6.03. The number of rotatable bonds is 3. The van der Waals surface area contributed by atoms with Crippen LogP contribution in [-0.4, -0.2) is 42.1 Å². The highest BCUT2D eigenvalue weighted by molar-refractivity contribution is 9.10. The molecule has 1 aliphatic rings. The molecule has 88 valence electrons. The van der Waals surface area contributed by atoms with Gasteiger partial charge < -0.3 is 14.6 Å². The lowest BCUT2D eigenvalue weighted by atomic mass is 10.1. The smallest absolute Gasteiger partial charge is 0.107 e. The Morgan fingerprint density at radius 2 is 2.38 bits per heavy atom. The monoisotopic (exact) mass is 287 g/mol. The molecule has 1 aromatic rings. The van der Waals surface area contributed by atoms with Gasteiger partial charge in [-0.15, -0.1) is 0 Å². The topological polar surface area (TPSA) is 51.6 Å². The SMILES string of the molecule is OC(Cc1ccc(Br)cn1)C1COCCO1. The van der Waals surface area contributed by atoms with Crippen molar-refractivity contribution >= 4 is 15.9 Å². The molecule has 1 N–H and O–H groups in total. The third-order valence-corrected chi connectivity index (χ3v) is 2.95. The van der Waals surface area contributed by atoms with Crippen LogP contribution >= 0.6 is 15.9 Å². The van der Waals surface area contributed by atoms with Gasteiger partial charge in [0.15, 0.2) is 0 Å². The van der Waals surface area contributed by atoms with Crippen LogP contribution in [0.25, 0.3) is 0 Å². The fraction of sp³-hybridized carbons (Fsp3) is 0.545. The second-order valence-electron chi connectivity index (χ2n) is 3.72. The van der Waals surface area contributed by atoms with Crippen molar-refractivity contribution in [1.82, 2.24) is 4.98 Å². The van der Waals surface area contributed by atoms with Crippen LogP contribution in [-0.2, 0) is 15.9 Å². The van der Waals surface area contributed by atoms with Crippen LogP contribution in [0.5, 0.6) is 0 Å². The highest BCUT2D eigenvalue weighted by Crippen LogP contribution is 2.12. The summed E-state index contributed by atoms with van der Waals surface area (Å²) >= 11 is 3.32. The maximum Gasteiger partial charge on any atom is 0.107 e. The number of aliphatic hydroxyl groups excluding tert-OH is 1. The number of pyridine rings is 1. The van der Waals surface area contributed by atoms with E-state index in [1.165, 1.54) is 0 Å². The number of ether oxygens (including phenoxy) is 2. The van der Waals surface area contributed by atoms with E-state index in [0.717, 1.165) is 10.2 Å². The lowest BCUT2D eigenvalue weighted by molar-refractivity contribution is -0.131. The number of nitrogens with zero attached hydrogens (tertiary/aromatic N) is 1. The molecule has 1 aromatic heterocycles. The molecular formula is C11H14BrNO3. The maximum atomic E-state index is 9.94. The Morgan fingerprint density at radius 3 is 3.00 bits per heavy atom. The van der Waals surface area contributed by atoms with Gasteiger partial charge in [-0.25, -0.2) is 0 Å². The minimum absolute atomic E-state index is 0.237. The summed E-state index contributed by atoms with van der Waals surface area (Å²) in [6.45, 7) is 1.62. The van der Waals surface area contributed by atoms with E-state index in [-0.39, 0.29) is 6.10 Å². The molecular weight excluding hydrogens is 274 g/mol. The largest absolute Gasteiger partial charge is 0.390 e. The zero-order valence-corrected chi connectivity index (χ0v) is 10.4. The first kappa shape index (κ1) is 12.0. The molecule has 2 heterocycles. The third-order valence-electron chi connectivity index (χ3n) is 2.48. The van der Waals surface area contributed by atoms with Crippen molar-refractivity contribution in [3.63, 3.8) is 0 Å². The Labute approximate surface area is 103 Å². The number of aliphatic hydroxyl groups is 1. The van der Waals surface area contributed by atoms with Gasteiger partial charge in [0.25, 0.3) is 0 Å². The van der Waals surface area contributed by atoms with Gasteiger partial charge in [-0.3, -0.25) is 4.98 Å². The summed E-state index contributed by atoms with van der Waals surface area (Å²) in [6.07, 6.45) is 1.41. The van der Waals surface area contributed by atoms with E-state index < -0.39 is 6.10 Å². The minimum Gasteiger partial charge on any atom is -0.390 e. The van der Waals surface area contributed by atoms with Gasteiger partial charge >= 0.3 is 0 Å². The van der Waals surface area contributed by atoms with Crippen molar-refractivity contribution in [3.05, 3.63) is 28.5 Å². The lowest BCUT2D eigenvalue weighted by Gasteiger charge is -2.26. The maximum absolute atomic E-state index is 9.94. The molecule has 2 unspecified atom stereocenters. The second-order valence-corrected chi connectivity index (χ2v) is 4.64. The molecule has 0 aromatic carbocycles. The van der Waals surface area contributed by atoms with Gasteiger partial charge in [0.1, 0.15) is 6.10 Å². The van der Waals surface area contributed by atoms with Crippen molar-refractivity contribution in [2.75, 3.05) is 19.8 Å². The normalized spacial score (nSPS) is 23.0. The van der Waals surface area contributed by atoms with Crippen molar-refractivity contribution < 1.29 is 14.6 Å². The predicted octanol–water partition coefficient (Wildman–Crippen LogP) is 1.16. The summed E-state index contributed by atoms with van der Waals surface area (Å²) < 4.78 is 11.6. The van der Waals surface area contributed by atoms with Crippen LogP contribution < -0.4 is 0 Å². The Hall–Kier alpha value is -0.490. The molecule has 0 radical (unpaired) electrons. The molecule has 0 bridgehead atoms. The molecule has 0 saturated carbocycles. The molecule has 4 nitrogen and oxygen atoms in total. The third kappa shape index (κ3) is 3.25. The Morgan fingerprint density at radius 1 is 1.50 bits per heavy atom. The van der Waals surface area contributed by atoms with E-state index in [9.17, 15) is 5.11 Å². The van der Waals surface area contributed by atoms with Gasteiger partial charge in [0, 0.05) is 22.8 Å². The van der Waals surface area contributed by atoms with E-state index in [4.69, 9.17) is 9.47 Å².